The normalized spacial score (nSPS) is 23.3. The molecule has 2 N–H and O–H groups in total. The first kappa shape index (κ1) is 12.9. The zero-order chi connectivity index (χ0) is 14.4. The van der Waals surface area contributed by atoms with Gasteiger partial charge in [-0.15, -0.1) is 0 Å². The van der Waals surface area contributed by atoms with Crippen molar-refractivity contribution in [1.29, 1.82) is 0 Å². The molecule has 0 bridgehead atoms. The molecule has 21 heavy (non-hydrogen) atoms. The predicted molar refractivity (Wildman–Crippen MR) is 76.2 cm³/mol. The Hall–Kier alpha value is -1.79. The Morgan fingerprint density at radius 3 is 2.48 bits per heavy atom. The molecule has 2 amide bonds. The molecule has 1 aromatic rings. The number of rotatable bonds is 3. The zero-order valence-corrected chi connectivity index (χ0v) is 12.0. The number of nitrogens with zero attached hydrogens (tertiary/aromatic N) is 3. The lowest BCUT2D eigenvalue weighted by molar-refractivity contribution is 0.167. The third-order valence-corrected chi connectivity index (χ3v) is 4.63. The van der Waals surface area contributed by atoms with E-state index in [0.29, 0.717) is 25.0 Å². The van der Waals surface area contributed by atoms with Crippen molar-refractivity contribution in [2.24, 2.45) is 0 Å². The molecule has 0 unspecified atom stereocenters. The average molecular weight is 291 g/mol. The molecule has 1 saturated heterocycles. The maximum Gasteiger partial charge on any atom is 0.343 e. The van der Waals surface area contributed by atoms with Crippen molar-refractivity contribution < 1.29 is 4.79 Å². The number of hydrogen-bond acceptors (Lipinski definition) is 3. The van der Waals surface area contributed by atoms with Gasteiger partial charge in [-0.05, 0) is 38.5 Å². The number of H-pyrrole nitrogens is 1. The molecule has 0 spiro atoms. The zero-order valence-electron chi connectivity index (χ0n) is 12.0. The van der Waals surface area contributed by atoms with Crippen LogP contribution in [-0.2, 0) is 0 Å². The molecule has 7 heteroatoms. The number of carbonyl (C=O) groups excluding carboxylic acids is 1. The van der Waals surface area contributed by atoms with Crippen molar-refractivity contribution in [3.63, 3.8) is 0 Å². The smallest absolute Gasteiger partial charge is 0.335 e. The van der Waals surface area contributed by atoms with E-state index in [4.69, 9.17) is 0 Å². The number of aromatic amines is 1. The summed E-state index contributed by atoms with van der Waals surface area (Å²) in [5.74, 6) is 1.30. The Bertz CT molecular complexity index is 591. The van der Waals surface area contributed by atoms with Crippen molar-refractivity contribution in [1.82, 2.24) is 25.0 Å². The van der Waals surface area contributed by atoms with Gasteiger partial charge in [0.2, 0.25) is 0 Å². The SMILES string of the molecule is O=C(NC1CC1)N1CCC(n2nc(C3CC3)[nH]c2=O)CC1. The van der Waals surface area contributed by atoms with E-state index in [1.54, 1.807) is 4.68 Å². The van der Waals surface area contributed by atoms with Gasteiger partial charge < -0.3 is 10.2 Å². The molecular weight excluding hydrogens is 270 g/mol. The highest BCUT2D eigenvalue weighted by Gasteiger charge is 2.31. The first-order chi connectivity index (χ1) is 10.2. The molecule has 7 nitrogen and oxygen atoms in total. The Labute approximate surface area is 122 Å². The second-order valence-electron chi connectivity index (χ2n) is 6.48. The topological polar surface area (TPSA) is 83.0 Å². The van der Waals surface area contributed by atoms with Crippen molar-refractivity contribution in [2.45, 2.75) is 56.5 Å². The van der Waals surface area contributed by atoms with Crippen LogP contribution in [0.15, 0.2) is 4.79 Å². The van der Waals surface area contributed by atoms with Gasteiger partial charge in [0.25, 0.3) is 0 Å². The molecule has 3 fully saturated rings. The summed E-state index contributed by atoms with van der Waals surface area (Å²) in [5, 5.41) is 7.47. The molecule has 2 heterocycles. The number of hydrogen-bond donors (Lipinski definition) is 2. The fourth-order valence-electron chi connectivity index (χ4n) is 2.95. The number of piperidine rings is 1. The minimum Gasteiger partial charge on any atom is -0.335 e. The van der Waals surface area contributed by atoms with Crippen molar-refractivity contribution in [2.75, 3.05) is 13.1 Å². The summed E-state index contributed by atoms with van der Waals surface area (Å²) >= 11 is 0. The maximum absolute atomic E-state index is 12.0. The summed E-state index contributed by atoms with van der Waals surface area (Å²) in [5.41, 5.74) is -0.0993. The second-order valence-corrected chi connectivity index (χ2v) is 6.48. The van der Waals surface area contributed by atoms with E-state index in [2.05, 4.69) is 15.4 Å². The van der Waals surface area contributed by atoms with E-state index < -0.39 is 0 Å². The quantitative estimate of drug-likeness (QED) is 0.870. The molecular formula is C14H21N5O2. The largest absolute Gasteiger partial charge is 0.343 e. The van der Waals surface area contributed by atoms with Gasteiger partial charge in [0.1, 0.15) is 5.82 Å². The standard InChI is InChI=1S/C14H21N5O2/c20-13(15-10-3-4-10)18-7-5-11(6-8-18)19-14(21)16-12(17-19)9-1-2-9/h9-11H,1-8H2,(H,15,20)(H,16,17,21). The highest BCUT2D eigenvalue weighted by atomic mass is 16.2. The van der Waals surface area contributed by atoms with E-state index in [1.807, 2.05) is 4.90 Å². The maximum atomic E-state index is 12.0. The lowest BCUT2D eigenvalue weighted by Gasteiger charge is -2.31. The first-order valence-electron chi connectivity index (χ1n) is 7.95. The molecule has 114 valence electrons. The van der Waals surface area contributed by atoms with Crippen molar-refractivity contribution >= 4 is 6.03 Å². The van der Waals surface area contributed by atoms with Crippen molar-refractivity contribution in [3.05, 3.63) is 16.3 Å². The van der Waals surface area contributed by atoms with Crippen LogP contribution in [0.1, 0.15) is 56.3 Å². The van der Waals surface area contributed by atoms with Crippen LogP contribution in [-0.4, -0.2) is 44.8 Å². The number of urea groups is 1. The molecule has 0 aromatic carbocycles. The molecule has 2 saturated carbocycles. The highest BCUT2D eigenvalue weighted by Crippen LogP contribution is 2.37. The number of likely N-dealkylation sites (tertiary alicyclic amines) is 1. The van der Waals surface area contributed by atoms with Gasteiger partial charge in [-0.3, -0.25) is 4.98 Å². The van der Waals surface area contributed by atoms with Gasteiger partial charge in [-0.25, -0.2) is 14.3 Å². The van der Waals surface area contributed by atoms with Crippen LogP contribution in [0.5, 0.6) is 0 Å². The lowest BCUT2D eigenvalue weighted by atomic mass is 10.1. The van der Waals surface area contributed by atoms with Crippen molar-refractivity contribution in [3.8, 4) is 0 Å². The van der Waals surface area contributed by atoms with Crippen LogP contribution in [0, 0.1) is 0 Å². The molecule has 2 aliphatic carbocycles. The molecule has 0 radical (unpaired) electrons. The number of carbonyl (C=O) groups is 1. The van der Waals surface area contributed by atoms with E-state index in [1.165, 1.54) is 0 Å². The lowest BCUT2D eigenvalue weighted by Crippen LogP contribution is -2.46. The summed E-state index contributed by atoms with van der Waals surface area (Å²) in [6, 6.07) is 0.556. The second kappa shape index (κ2) is 4.89. The van der Waals surface area contributed by atoms with Gasteiger partial charge in [-0.2, -0.15) is 5.10 Å². The van der Waals surface area contributed by atoms with Gasteiger partial charge in [0.15, 0.2) is 0 Å². The predicted octanol–water partition coefficient (Wildman–Crippen LogP) is 0.958. The summed E-state index contributed by atoms with van der Waals surface area (Å²) < 4.78 is 1.60. The average Bonchev–Trinajstić information content (AvgIpc) is 3.39. The van der Waals surface area contributed by atoms with Crippen LogP contribution in [0.4, 0.5) is 4.79 Å². The molecule has 4 rings (SSSR count). The van der Waals surface area contributed by atoms with Gasteiger partial charge in [0.05, 0.1) is 6.04 Å². The summed E-state index contributed by atoms with van der Waals surface area (Å²) in [4.78, 5) is 28.7. The van der Waals surface area contributed by atoms with E-state index in [9.17, 15) is 9.59 Å². The van der Waals surface area contributed by atoms with Gasteiger partial charge >= 0.3 is 11.7 Å². The fourth-order valence-corrected chi connectivity index (χ4v) is 2.95. The summed E-state index contributed by atoms with van der Waals surface area (Å²) in [6.45, 7) is 1.39. The molecule has 0 atom stereocenters. The Morgan fingerprint density at radius 2 is 1.86 bits per heavy atom. The van der Waals surface area contributed by atoms with Gasteiger partial charge in [-0.1, -0.05) is 0 Å². The minimum absolute atomic E-state index is 0.0454. The summed E-state index contributed by atoms with van der Waals surface area (Å²) in [7, 11) is 0. The van der Waals surface area contributed by atoms with E-state index in [0.717, 1.165) is 44.3 Å². The third kappa shape index (κ3) is 2.69. The highest BCUT2D eigenvalue weighted by molar-refractivity contribution is 5.74. The third-order valence-electron chi connectivity index (χ3n) is 4.63. The Morgan fingerprint density at radius 1 is 1.14 bits per heavy atom. The van der Waals surface area contributed by atoms with Crippen LogP contribution in [0.2, 0.25) is 0 Å². The molecule has 3 aliphatic rings. The Kier molecular flexibility index (Phi) is 3.01. The van der Waals surface area contributed by atoms with Crippen LogP contribution >= 0.6 is 0 Å². The molecule has 1 aromatic heterocycles. The number of nitrogens with one attached hydrogen (secondary N) is 2. The minimum atomic E-state index is -0.0993. The Balaban J connectivity index is 1.37. The fraction of sp³-hybridized carbons (Fsp3) is 0.786. The van der Waals surface area contributed by atoms with E-state index >= 15 is 0 Å². The van der Waals surface area contributed by atoms with E-state index in [-0.39, 0.29) is 17.8 Å². The van der Waals surface area contributed by atoms with Crippen LogP contribution in [0.25, 0.3) is 0 Å². The monoisotopic (exact) mass is 291 g/mol. The van der Waals surface area contributed by atoms with Gasteiger partial charge in [0, 0.05) is 25.0 Å². The number of amides is 2. The molecule has 1 aliphatic heterocycles. The first-order valence-corrected chi connectivity index (χ1v) is 7.95. The summed E-state index contributed by atoms with van der Waals surface area (Å²) in [6.07, 6.45) is 6.07. The van der Waals surface area contributed by atoms with Crippen LogP contribution in [0.3, 0.4) is 0 Å². The number of aromatic nitrogens is 3. The van der Waals surface area contributed by atoms with Crippen LogP contribution < -0.4 is 11.0 Å².